The third-order valence-corrected chi connectivity index (χ3v) is 4.42. The van der Waals surface area contributed by atoms with Gasteiger partial charge in [0.15, 0.2) is 5.82 Å². The van der Waals surface area contributed by atoms with Crippen LogP contribution in [0, 0.1) is 6.92 Å². The van der Waals surface area contributed by atoms with Crippen LogP contribution in [0.2, 0.25) is 0 Å². The number of piperazine rings is 1. The monoisotopic (exact) mass is 330 g/mol. The lowest BCUT2D eigenvalue weighted by Gasteiger charge is -2.33. The van der Waals surface area contributed by atoms with Gasteiger partial charge < -0.3 is 9.26 Å². The fourth-order valence-corrected chi connectivity index (χ4v) is 3.00. The zero-order chi connectivity index (χ0) is 16.8. The summed E-state index contributed by atoms with van der Waals surface area (Å²) in [6, 6.07) is 8.29. The molecule has 1 aliphatic heterocycles. The highest BCUT2D eigenvalue weighted by atomic mass is 16.5. The third kappa shape index (κ3) is 4.55. The van der Waals surface area contributed by atoms with Gasteiger partial charge in [-0.25, -0.2) is 0 Å². The van der Waals surface area contributed by atoms with Gasteiger partial charge in [-0.3, -0.25) is 9.80 Å². The largest absolute Gasteiger partial charge is 0.492 e. The lowest BCUT2D eigenvalue weighted by Crippen LogP contribution is -2.47. The van der Waals surface area contributed by atoms with Gasteiger partial charge in [-0.1, -0.05) is 30.3 Å². The van der Waals surface area contributed by atoms with E-state index in [2.05, 4.69) is 45.1 Å². The van der Waals surface area contributed by atoms with E-state index in [0.717, 1.165) is 63.9 Å². The van der Waals surface area contributed by atoms with Crippen LogP contribution in [-0.2, 0) is 13.0 Å². The Kier molecular flexibility index (Phi) is 5.82. The third-order valence-electron chi connectivity index (χ3n) is 4.42. The summed E-state index contributed by atoms with van der Waals surface area (Å²) < 4.78 is 11.0. The van der Waals surface area contributed by atoms with Crippen LogP contribution in [-0.4, -0.2) is 59.3 Å². The van der Waals surface area contributed by atoms with Crippen molar-refractivity contribution < 1.29 is 9.26 Å². The Balaban J connectivity index is 1.38. The number of para-hydroxylation sites is 1. The Bertz CT molecular complexity index is 635. The van der Waals surface area contributed by atoms with E-state index in [1.54, 1.807) is 0 Å². The van der Waals surface area contributed by atoms with E-state index in [0.29, 0.717) is 5.89 Å². The molecule has 0 spiro atoms. The minimum Gasteiger partial charge on any atom is -0.492 e. The summed E-state index contributed by atoms with van der Waals surface area (Å²) >= 11 is 0. The predicted molar refractivity (Wildman–Crippen MR) is 92.1 cm³/mol. The molecule has 1 saturated heterocycles. The van der Waals surface area contributed by atoms with Crippen molar-refractivity contribution in [3.63, 3.8) is 0 Å². The summed E-state index contributed by atoms with van der Waals surface area (Å²) in [5, 5.41) is 3.97. The van der Waals surface area contributed by atoms with E-state index in [1.807, 2.05) is 13.0 Å². The van der Waals surface area contributed by atoms with E-state index < -0.39 is 0 Å². The molecule has 1 aliphatic rings. The number of ether oxygens (including phenoxy) is 1. The second-order valence-corrected chi connectivity index (χ2v) is 6.16. The van der Waals surface area contributed by atoms with E-state index in [9.17, 15) is 0 Å². The van der Waals surface area contributed by atoms with Gasteiger partial charge in [-0.15, -0.1) is 0 Å². The molecule has 0 unspecified atom stereocenters. The number of nitrogens with zero attached hydrogens (tertiary/aromatic N) is 4. The zero-order valence-corrected chi connectivity index (χ0v) is 14.6. The van der Waals surface area contributed by atoms with Crippen LogP contribution in [0.3, 0.4) is 0 Å². The molecule has 0 radical (unpaired) electrons. The summed E-state index contributed by atoms with van der Waals surface area (Å²) in [4.78, 5) is 9.09. The Morgan fingerprint density at radius 2 is 1.88 bits per heavy atom. The highest BCUT2D eigenvalue weighted by Gasteiger charge is 2.18. The Hall–Kier alpha value is -1.92. The average Bonchev–Trinajstić information content (AvgIpc) is 3.02. The smallest absolute Gasteiger partial charge is 0.223 e. The second-order valence-electron chi connectivity index (χ2n) is 6.16. The Morgan fingerprint density at radius 3 is 2.58 bits per heavy atom. The number of rotatable bonds is 7. The summed E-state index contributed by atoms with van der Waals surface area (Å²) in [6.07, 6.45) is 1.00. The lowest BCUT2D eigenvalue weighted by atomic mass is 10.1. The van der Waals surface area contributed by atoms with Crippen LogP contribution in [0.15, 0.2) is 28.8 Å². The van der Waals surface area contributed by atoms with Crippen LogP contribution in [0.5, 0.6) is 5.75 Å². The SMILES string of the molecule is CCc1ccccc1OCCN1CCN(Cc2noc(C)n2)CC1. The van der Waals surface area contributed by atoms with Gasteiger partial charge in [0, 0.05) is 39.6 Å². The number of aromatic nitrogens is 2. The molecule has 1 fully saturated rings. The number of benzene rings is 1. The van der Waals surface area contributed by atoms with Crippen molar-refractivity contribution in [2.24, 2.45) is 0 Å². The van der Waals surface area contributed by atoms with Crippen LogP contribution < -0.4 is 4.74 Å². The molecule has 6 nitrogen and oxygen atoms in total. The van der Waals surface area contributed by atoms with Gasteiger partial charge in [0.05, 0.1) is 6.54 Å². The molecular weight excluding hydrogens is 304 g/mol. The maximum Gasteiger partial charge on any atom is 0.223 e. The molecule has 1 aromatic heterocycles. The van der Waals surface area contributed by atoms with Crippen molar-refractivity contribution in [2.45, 2.75) is 26.8 Å². The number of hydrogen-bond donors (Lipinski definition) is 0. The van der Waals surface area contributed by atoms with Crippen LogP contribution in [0.25, 0.3) is 0 Å². The van der Waals surface area contributed by atoms with Crippen molar-refractivity contribution in [2.75, 3.05) is 39.3 Å². The second kappa shape index (κ2) is 8.26. The van der Waals surface area contributed by atoms with Crippen molar-refractivity contribution in [1.82, 2.24) is 19.9 Å². The van der Waals surface area contributed by atoms with Crippen LogP contribution >= 0.6 is 0 Å². The molecule has 1 aromatic carbocycles. The quantitative estimate of drug-likeness (QED) is 0.775. The average molecular weight is 330 g/mol. The molecule has 0 aliphatic carbocycles. The minimum atomic E-state index is 0.633. The van der Waals surface area contributed by atoms with Gasteiger partial charge in [0.1, 0.15) is 12.4 Å². The fraction of sp³-hybridized carbons (Fsp3) is 0.556. The predicted octanol–water partition coefficient (Wildman–Crippen LogP) is 2.14. The summed E-state index contributed by atoms with van der Waals surface area (Å²) in [5.74, 6) is 2.43. The zero-order valence-electron chi connectivity index (χ0n) is 14.6. The van der Waals surface area contributed by atoms with Gasteiger partial charge in [0.25, 0.3) is 0 Å². The molecular formula is C18H26N4O2. The van der Waals surface area contributed by atoms with Crippen LogP contribution in [0.4, 0.5) is 0 Å². The number of hydrogen-bond acceptors (Lipinski definition) is 6. The molecule has 130 valence electrons. The van der Waals surface area contributed by atoms with Crippen LogP contribution in [0.1, 0.15) is 24.2 Å². The van der Waals surface area contributed by atoms with E-state index >= 15 is 0 Å². The highest BCUT2D eigenvalue weighted by Crippen LogP contribution is 2.18. The highest BCUT2D eigenvalue weighted by molar-refractivity contribution is 5.33. The first-order valence-electron chi connectivity index (χ1n) is 8.69. The lowest BCUT2D eigenvalue weighted by molar-refractivity contribution is 0.110. The first kappa shape index (κ1) is 16.9. The summed E-state index contributed by atoms with van der Waals surface area (Å²) in [5.41, 5.74) is 1.28. The van der Waals surface area contributed by atoms with Crippen molar-refractivity contribution in [3.05, 3.63) is 41.5 Å². The van der Waals surface area contributed by atoms with Crippen molar-refractivity contribution in [1.29, 1.82) is 0 Å². The first-order valence-corrected chi connectivity index (χ1v) is 8.69. The molecule has 0 amide bonds. The van der Waals surface area contributed by atoms with Gasteiger partial charge >= 0.3 is 0 Å². The molecule has 2 aromatic rings. The van der Waals surface area contributed by atoms with Gasteiger partial charge in [-0.05, 0) is 18.1 Å². The maximum absolute atomic E-state index is 5.97. The molecule has 6 heteroatoms. The molecule has 0 saturated carbocycles. The van der Waals surface area contributed by atoms with Gasteiger partial charge in [0.2, 0.25) is 5.89 Å². The number of aryl methyl sites for hydroxylation is 2. The first-order chi connectivity index (χ1) is 11.7. The van der Waals surface area contributed by atoms with E-state index in [4.69, 9.17) is 9.26 Å². The summed E-state index contributed by atoms with van der Waals surface area (Å²) in [6.45, 7) is 10.6. The molecule has 2 heterocycles. The fourth-order valence-electron chi connectivity index (χ4n) is 3.00. The Morgan fingerprint density at radius 1 is 1.12 bits per heavy atom. The Labute approximate surface area is 143 Å². The standard InChI is InChI=1S/C18H26N4O2/c1-3-16-6-4-5-7-17(16)23-13-12-21-8-10-22(11-9-21)14-18-19-15(2)24-20-18/h4-7H,3,8-14H2,1-2H3. The van der Waals surface area contributed by atoms with E-state index in [1.165, 1.54) is 5.56 Å². The van der Waals surface area contributed by atoms with Crippen molar-refractivity contribution >= 4 is 0 Å². The van der Waals surface area contributed by atoms with Crippen molar-refractivity contribution in [3.8, 4) is 5.75 Å². The van der Waals surface area contributed by atoms with E-state index in [-0.39, 0.29) is 0 Å². The normalized spacial score (nSPS) is 16.4. The molecule has 0 N–H and O–H groups in total. The maximum atomic E-state index is 5.97. The minimum absolute atomic E-state index is 0.633. The molecule has 0 bridgehead atoms. The molecule has 3 rings (SSSR count). The van der Waals surface area contributed by atoms with Gasteiger partial charge in [-0.2, -0.15) is 4.98 Å². The molecule has 24 heavy (non-hydrogen) atoms. The summed E-state index contributed by atoms with van der Waals surface area (Å²) in [7, 11) is 0. The topological polar surface area (TPSA) is 54.6 Å². The molecule has 0 atom stereocenters.